The number of aryl methyl sites for hydroxylation is 1. The molecule has 1 saturated carbocycles. The minimum Gasteiger partial charge on any atom is -0.435 e. The molecule has 2 fully saturated rings. The van der Waals surface area contributed by atoms with E-state index in [0.29, 0.717) is 14.9 Å². The summed E-state index contributed by atoms with van der Waals surface area (Å²) in [5.74, 6) is -0.916. The number of hydrogen-bond acceptors (Lipinski definition) is 6. The van der Waals surface area contributed by atoms with Gasteiger partial charge in [0.2, 0.25) is 5.88 Å². The Balaban J connectivity index is 1.62. The molecule has 3 aromatic rings. The van der Waals surface area contributed by atoms with E-state index in [9.17, 15) is 14.0 Å². The van der Waals surface area contributed by atoms with Crippen LogP contribution in [0.25, 0.3) is 11.7 Å². The van der Waals surface area contributed by atoms with Crippen molar-refractivity contribution < 1.29 is 13.9 Å². The van der Waals surface area contributed by atoms with Crippen molar-refractivity contribution in [3.8, 4) is 11.6 Å². The van der Waals surface area contributed by atoms with Crippen LogP contribution in [-0.2, 0) is 4.79 Å². The predicted molar refractivity (Wildman–Crippen MR) is 135 cm³/mol. The van der Waals surface area contributed by atoms with Gasteiger partial charge in [0.15, 0.2) is 11.6 Å². The monoisotopic (exact) mass is 495 g/mol. The minimum absolute atomic E-state index is 0.0586. The molecule has 3 heterocycles. The Hall–Kier alpha value is -3.04. The molecule has 0 atom stereocenters. The smallest absolute Gasteiger partial charge is 0.269 e. The summed E-state index contributed by atoms with van der Waals surface area (Å²) in [5.41, 5.74) is 0.803. The maximum atomic E-state index is 14.3. The summed E-state index contributed by atoms with van der Waals surface area (Å²) < 4.78 is 22.0. The van der Waals surface area contributed by atoms with Gasteiger partial charge in [0, 0.05) is 12.2 Å². The number of para-hydroxylation sites is 1. The van der Waals surface area contributed by atoms with Crippen LogP contribution >= 0.6 is 24.0 Å². The van der Waals surface area contributed by atoms with Crippen molar-refractivity contribution in [1.29, 1.82) is 0 Å². The highest BCUT2D eigenvalue weighted by molar-refractivity contribution is 8.26. The van der Waals surface area contributed by atoms with Gasteiger partial charge < -0.3 is 4.74 Å². The van der Waals surface area contributed by atoms with Crippen LogP contribution < -0.4 is 10.3 Å². The van der Waals surface area contributed by atoms with E-state index >= 15 is 0 Å². The van der Waals surface area contributed by atoms with Gasteiger partial charge in [-0.1, -0.05) is 61.4 Å². The van der Waals surface area contributed by atoms with Gasteiger partial charge in [0.1, 0.15) is 15.5 Å². The van der Waals surface area contributed by atoms with E-state index in [1.54, 1.807) is 29.3 Å². The average molecular weight is 496 g/mol. The van der Waals surface area contributed by atoms with E-state index in [2.05, 4.69) is 4.98 Å². The van der Waals surface area contributed by atoms with Gasteiger partial charge in [-0.25, -0.2) is 4.39 Å². The number of hydrogen-bond donors (Lipinski definition) is 0. The number of ether oxygens (including phenoxy) is 1. The molecular weight excluding hydrogens is 473 g/mol. The molecule has 2 aromatic heterocycles. The highest BCUT2D eigenvalue weighted by Crippen LogP contribution is 2.38. The summed E-state index contributed by atoms with van der Waals surface area (Å²) in [6.07, 6.45) is 8.21. The molecule has 1 amide bonds. The highest BCUT2D eigenvalue weighted by Gasteiger charge is 2.38. The van der Waals surface area contributed by atoms with Gasteiger partial charge in [-0.3, -0.25) is 18.9 Å². The molecule has 1 aliphatic carbocycles. The number of benzene rings is 1. The lowest BCUT2D eigenvalue weighted by Gasteiger charge is -2.29. The third kappa shape index (κ3) is 4.14. The second-order valence-electron chi connectivity index (χ2n) is 8.40. The van der Waals surface area contributed by atoms with Gasteiger partial charge in [0.25, 0.3) is 11.5 Å². The van der Waals surface area contributed by atoms with Crippen molar-refractivity contribution in [1.82, 2.24) is 14.3 Å². The Bertz CT molecular complexity index is 1400. The van der Waals surface area contributed by atoms with Gasteiger partial charge in [-0.05, 0) is 49.6 Å². The summed E-state index contributed by atoms with van der Waals surface area (Å²) in [5, 5.41) is 0. The number of fused-ring (bicyclic) bond motifs is 1. The van der Waals surface area contributed by atoms with E-state index in [1.165, 1.54) is 34.4 Å². The molecule has 0 spiro atoms. The number of thiocarbonyl (C=S) groups is 1. The van der Waals surface area contributed by atoms with Crippen LogP contribution in [0.5, 0.6) is 11.6 Å². The first-order valence-corrected chi connectivity index (χ1v) is 12.4. The first kappa shape index (κ1) is 22.7. The Morgan fingerprint density at radius 1 is 1.15 bits per heavy atom. The fourth-order valence-corrected chi connectivity index (χ4v) is 5.77. The van der Waals surface area contributed by atoms with Crippen LogP contribution in [0, 0.1) is 12.7 Å². The second kappa shape index (κ2) is 9.31. The molecular formula is C25H22FN3O3S2. The molecule has 0 N–H and O–H groups in total. The quantitative estimate of drug-likeness (QED) is 0.353. The molecule has 1 aliphatic heterocycles. The Morgan fingerprint density at radius 3 is 2.68 bits per heavy atom. The maximum absolute atomic E-state index is 14.3. The number of nitrogens with zero attached hydrogens (tertiary/aromatic N) is 3. The first-order valence-electron chi connectivity index (χ1n) is 11.2. The number of thioether (sulfide) groups is 1. The van der Waals surface area contributed by atoms with E-state index < -0.39 is 11.4 Å². The lowest BCUT2D eigenvalue weighted by Crippen LogP contribution is -2.39. The van der Waals surface area contributed by atoms with Crippen LogP contribution in [0.3, 0.4) is 0 Å². The molecule has 0 unspecified atom stereocenters. The lowest BCUT2D eigenvalue weighted by atomic mass is 9.94. The number of halogens is 1. The van der Waals surface area contributed by atoms with Crippen LogP contribution in [0.4, 0.5) is 4.39 Å². The largest absolute Gasteiger partial charge is 0.435 e. The summed E-state index contributed by atoms with van der Waals surface area (Å²) >= 11 is 6.69. The molecule has 2 aliphatic rings. The van der Waals surface area contributed by atoms with Crippen molar-refractivity contribution >= 4 is 45.9 Å². The van der Waals surface area contributed by atoms with Crippen LogP contribution in [0.2, 0.25) is 0 Å². The van der Waals surface area contributed by atoms with E-state index in [4.69, 9.17) is 17.0 Å². The molecule has 1 aromatic carbocycles. The third-order valence-corrected chi connectivity index (χ3v) is 7.46. The molecule has 1 saturated heterocycles. The fraction of sp³-hybridized carbons (Fsp3) is 0.280. The lowest BCUT2D eigenvalue weighted by molar-refractivity contribution is -0.124. The zero-order valence-corrected chi connectivity index (χ0v) is 20.1. The first-order chi connectivity index (χ1) is 16.4. The summed E-state index contributed by atoms with van der Waals surface area (Å²) in [4.78, 5) is 33.3. The van der Waals surface area contributed by atoms with E-state index in [1.807, 2.05) is 13.0 Å². The van der Waals surface area contributed by atoms with Gasteiger partial charge in [0.05, 0.1) is 4.91 Å². The van der Waals surface area contributed by atoms with E-state index in [0.717, 1.165) is 37.7 Å². The Morgan fingerprint density at radius 2 is 1.91 bits per heavy atom. The summed E-state index contributed by atoms with van der Waals surface area (Å²) in [6, 6.07) is 9.56. The van der Waals surface area contributed by atoms with Crippen molar-refractivity contribution in [2.45, 2.75) is 45.1 Å². The van der Waals surface area contributed by atoms with Gasteiger partial charge in [-0.2, -0.15) is 4.98 Å². The summed E-state index contributed by atoms with van der Waals surface area (Å²) in [6.45, 7) is 1.82. The van der Waals surface area contributed by atoms with Crippen LogP contribution in [0.1, 0.15) is 43.2 Å². The zero-order valence-electron chi connectivity index (χ0n) is 18.5. The molecule has 174 valence electrons. The Labute approximate surface area is 205 Å². The number of aromatic nitrogens is 2. The van der Waals surface area contributed by atoms with Gasteiger partial charge >= 0.3 is 0 Å². The standard InChI is InChI=1S/C25H22FN3O3S2/c1-15-8-7-13-28-21(15)27-22(32-19-12-6-5-11-18(19)26)17(23(28)30)14-20-24(31)29(25(33)34-20)16-9-3-2-4-10-16/h5-8,11-14,16H,2-4,9-10H2,1H3/b20-14+. The average Bonchev–Trinajstić information content (AvgIpc) is 3.11. The molecule has 34 heavy (non-hydrogen) atoms. The van der Waals surface area contributed by atoms with Crippen LogP contribution in [0.15, 0.2) is 52.3 Å². The van der Waals surface area contributed by atoms with Crippen molar-refractivity contribution in [2.75, 3.05) is 0 Å². The minimum atomic E-state index is -0.580. The number of pyridine rings is 1. The summed E-state index contributed by atoms with van der Waals surface area (Å²) in [7, 11) is 0. The molecule has 0 radical (unpaired) electrons. The highest BCUT2D eigenvalue weighted by atomic mass is 32.2. The predicted octanol–water partition coefficient (Wildman–Crippen LogP) is 5.47. The normalized spacial score (nSPS) is 18.3. The molecule has 9 heteroatoms. The van der Waals surface area contributed by atoms with Crippen LogP contribution in [-0.4, -0.2) is 30.6 Å². The maximum Gasteiger partial charge on any atom is 0.269 e. The number of rotatable bonds is 4. The third-order valence-electron chi connectivity index (χ3n) is 6.13. The van der Waals surface area contributed by atoms with Crippen molar-refractivity contribution in [3.05, 3.63) is 74.8 Å². The van der Waals surface area contributed by atoms with Crippen molar-refractivity contribution in [2.24, 2.45) is 0 Å². The number of carbonyl (C=O) groups is 1. The second-order valence-corrected chi connectivity index (χ2v) is 10.1. The molecule has 0 bridgehead atoms. The van der Waals surface area contributed by atoms with Crippen molar-refractivity contribution in [3.63, 3.8) is 0 Å². The fourth-order valence-electron chi connectivity index (χ4n) is 4.39. The van der Waals surface area contributed by atoms with Gasteiger partial charge in [-0.15, -0.1) is 0 Å². The number of carbonyl (C=O) groups excluding carboxylic acids is 1. The van der Waals surface area contributed by atoms with E-state index in [-0.39, 0.29) is 29.1 Å². The number of amides is 1. The SMILES string of the molecule is Cc1cccn2c(=O)c(/C=C3/SC(=S)N(C4CCCCC4)C3=O)c(Oc3ccccc3F)nc12. The molecule has 5 rings (SSSR count). The zero-order chi connectivity index (χ0) is 23.8. The Kier molecular flexibility index (Phi) is 6.22. The molecule has 6 nitrogen and oxygen atoms in total. The topological polar surface area (TPSA) is 63.9 Å².